The van der Waals surface area contributed by atoms with Crippen molar-refractivity contribution in [3.8, 4) is 11.5 Å². The number of carbonyl (C=O) groups excluding carboxylic acids is 7. The number of unbranched alkanes of at least 4 members (excludes halogenated alkanes) is 25. The Balaban J connectivity index is 1.89. The Morgan fingerprint density at radius 3 is 1.40 bits per heavy atom. The van der Waals surface area contributed by atoms with Crippen LogP contribution in [-0.2, 0) is 65.3 Å². The molecule has 1 aliphatic carbocycles. The maximum absolute atomic E-state index is 13.7. The molecule has 0 heterocycles. The zero-order valence-electron chi connectivity index (χ0n) is 54.5. The summed E-state index contributed by atoms with van der Waals surface area (Å²) >= 11 is 0. The summed E-state index contributed by atoms with van der Waals surface area (Å²) in [6.07, 6.45) is 36.1. The van der Waals surface area contributed by atoms with E-state index in [-0.39, 0.29) is 92.7 Å². The fourth-order valence-corrected chi connectivity index (χ4v) is 11.0. The van der Waals surface area contributed by atoms with Gasteiger partial charge in [0.05, 0.1) is 38.2 Å². The molecule has 4 atom stereocenters. The summed E-state index contributed by atoms with van der Waals surface area (Å²) in [6, 6.07) is 0. The summed E-state index contributed by atoms with van der Waals surface area (Å²) in [7, 11) is 2.91. The van der Waals surface area contributed by atoms with Crippen LogP contribution in [0.2, 0.25) is 0 Å². The van der Waals surface area contributed by atoms with Gasteiger partial charge in [-0.25, -0.2) is 0 Å². The predicted octanol–water partition coefficient (Wildman–Crippen LogP) is 17.1. The number of rotatable bonds is 51. The van der Waals surface area contributed by atoms with Gasteiger partial charge in [-0.15, -0.1) is 0 Å². The second-order valence-corrected chi connectivity index (χ2v) is 24.3. The molecule has 0 aliphatic heterocycles. The second kappa shape index (κ2) is 46.5. The maximum Gasteiger partial charge on any atom is 0.311 e. The molecule has 0 aromatic heterocycles. The molecular formula is C70H116O14. The van der Waals surface area contributed by atoms with Crippen LogP contribution in [0.4, 0.5) is 0 Å². The normalized spacial score (nSPS) is 13.7. The van der Waals surface area contributed by atoms with Crippen molar-refractivity contribution < 1.29 is 66.7 Å². The van der Waals surface area contributed by atoms with Crippen LogP contribution < -0.4 is 9.47 Å². The Labute approximate surface area is 508 Å². The fourth-order valence-electron chi connectivity index (χ4n) is 11.0. The monoisotopic (exact) mass is 1180 g/mol. The van der Waals surface area contributed by atoms with Crippen LogP contribution >= 0.6 is 0 Å². The number of hydrogen-bond donors (Lipinski definition) is 0. The highest BCUT2D eigenvalue weighted by atomic mass is 16.6. The average molecular weight is 1180 g/mol. The van der Waals surface area contributed by atoms with Crippen molar-refractivity contribution in [3.05, 3.63) is 33.9 Å². The molecule has 4 unspecified atom stereocenters. The maximum atomic E-state index is 13.7. The van der Waals surface area contributed by atoms with Crippen molar-refractivity contribution in [1.82, 2.24) is 0 Å². The summed E-state index contributed by atoms with van der Waals surface area (Å²) in [5.41, 5.74) is 3.61. The zero-order chi connectivity index (χ0) is 61.9. The van der Waals surface area contributed by atoms with E-state index >= 15 is 0 Å². The predicted molar refractivity (Wildman–Crippen MR) is 333 cm³/mol. The number of hydrogen-bond acceptors (Lipinski definition) is 14. The molecule has 0 spiro atoms. The first-order chi connectivity index (χ1) is 40.5. The zero-order valence-corrected chi connectivity index (χ0v) is 54.5. The molecule has 2 rings (SSSR count). The molecule has 1 aromatic rings. The van der Waals surface area contributed by atoms with E-state index in [1.54, 1.807) is 21.0 Å². The van der Waals surface area contributed by atoms with Crippen molar-refractivity contribution >= 4 is 41.6 Å². The summed E-state index contributed by atoms with van der Waals surface area (Å²) in [6.45, 7) is 15.5. The highest BCUT2D eigenvalue weighted by Gasteiger charge is 2.33. The van der Waals surface area contributed by atoms with Crippen LogP contribution in [0.3, 0.4) is 0 Å². The highest BCUT2D eigenvalue weighted by molar-refractivity contribution is 6.05. The molecule has 14 nitrogen and oxygen atoms in total. The van der Waals surface area contributed by atoms with Gasteiger partial charge in [0, 0.05) is 37.7 Å². The van der Waals surface area contributed by atoms with Crippen LogP contribution in [-0.4, -0.2) is 81.7 Å². The van der Waals surface area contributed by atoms with Gasteiger partial charge in [0.2, 0.25) is 0 Å². The van der Waals surface area contributed by atoms with Gasteiger partial charge in [-0.1, -0.05) is 207 Å². The van der Waals surface area contributed by atoms with Gasteiger partial charge in [0.15, 0.2) is 11.9 Å². The number of esters is 6. The van der Waals surface area contributed by atoms with Gasteiger partial charge in [0.1, 0.15) is 24.7 Å². The number of allylic oxidation sites excluding steroid dienone is 2. The summed E-state index contributed by atoms with van der Waals surface area (Å²) in [5.74, 6) is -3.14. The summed E-state index contributed by atoms with van der Waals surface area (Å²) in [4.78, 5) is 91.1. The van der Waals surface area contributed by atoms with Crippen LogP contribution in [0.15, 0.2) is 11.6 Å². The van der Waals surface area contributed by atoms with E-state index in [0.29, 0.717) is 61.8 Å². The topological polar surface area (TPSA) is 184 Å². The first-order valence-electron chi connectivity index (χ1n) is 33.4. The van der Waals surface area contributed by atoms with E-state index in [0.717, 1.165) is 55.2 Å². The minimum absolute atomic E-state index is 0.0341. The van der Waals surface area contributed by atoms with E-state index in [4.69, 9.17) is 33.2 Å². The average Bonchev–Trinajstić information content (AvgIpc) is 3.10. The molecule has 0 bridgehead atoms. The molecule has 0 saturated carbocycles. The van der Waals surface area contributed by atoms with E-state index in [1.807, 2.05) is 33.8 Å². The molecule has 84 heavy (non-hydrogen) atoms. The van der Waals surface area contributed by atoms with Crippen molar-refractivity contribution in [2.24, 2.45) is 23.7 Å². The van der Waals surface area contributed by atoms with Gasteiger partial charge in [-0.2, -0.15) is 0 Å². The van der Waals surface area contributed by atoms with Crippen molar-refractivity contribution in [2.45, 2.75) is 299 Å². The lowest BCUT2D eigenvalue weighted by molar-refractivity contribution is -0.170. The van der Waals surface area contributed by atoms with Crippen molar-refractivity contribution in [2.75, 3.05) is 34.0 Å². The molecule has 0 saturated heterocycles. The third-order valence-corrected chi connectivity index (χ3v) is 17.1. The van der Waals surface area contributed by atoms with Crippen LogP contribution in [0.1, 0.15) is 300 Å². The number of Topliss-reactive ketones (excluding diaryl/α,β-unsaturated/α-hetero) is 1. The number of benzene rings is 1. The van der Waals surface area contributed by atoms with Crippen LogP contribution in [0.5, 0.6) is 11.5 Å². The lowest BCUT2D eigenvalue weighted by atomic mass is 9.82. The van der Waals surface area contributed by atoms with Gasteiger partial charge >= 0.3 is 35.8 Å². The molecule has 1 aliphatic rings. The number of ketones is 1. The molecule has 0 amide bonds. The van der Waals surface area contributed by atoms with E-state index in [1.165, 1.54) is 136 Å². The van der Waals surface area contributed by atoms with Gasteiger partial charge in [-0.3, -0.25) is 33.6 Å². The highest BCUT2D eigenvalue weighted by Crippen LogP contribution is 2.44. The molecule has 0 radical (unpaired) electrons. The molecule has 1 aromatic carbocycles. The summed E-state index contributed by atoms with van der Waals surface area (Å²) in [5, 5.41) is 0. The Morgan fingerprint density at radius 2 is 0.940 bits per heavy atom. The SMILES string of the molecule is CCCCCCCCCCCCCCCC(=O)OCC(COC(=O)CCCCCCCCCCCCCCC)OC(=O)C(C)C(C)CC(C)C(C)C(=O)OCCCCC(=O)Oc1c(C/C=C(\C)CCC(=O)OC)c(OC)c(C)c2c1C(=O)CC2. The van der Waals surface area contributed by atoms with Gasteiger partial charge in [0.25, 0.3) is 0 Å². The minimum Gasteiger partial charge on any atom is -0.496 e. The third-order valence-electron chi connectivity index (χ3n) is 17.1. The lowest BCUT2D eigenvalue weighted by Gasteiger charge is -2.26. The van der Waals surface area contributed by atoms with Gasteiger partial charge in [-0.05, 0) is 88.2 Å². The first-order valence-corrected chi connectivity index (χ1v) is 33.4. The smallest absolute Gasteiger partial charge is 0.311 e. The van der Waals surface area contributed by atoms with E-state index < -0.39 is 29.9 Å². The minimum atomic E-state index is -0.955. The molecule has 0 N–H and O–H groups in total. The lowest BCUT2D eigenvalue weighted by Crippen LogP contribution is -2.34. The summed E-state index contributed by atoms with van der Waals surface area (Å²) < 4.78 is 39.4. The Hall–Kier alpha value is -4.75. The van der Waals surface area contributed by atoms with Crippen LogP contribution in [0, 0.1) is 30.6 Å². The Kier molecular flexibility index (Phi) is 41.7. The van der Waals surface area contributed by atoms with Gasteiger partial charge < -0.3 is 33.2 Å². The number of carbonyl (C=O) groups is 7. The molecule has 480 valence electrons. The van der Waals surface area contributed by atoms with E-state index in [2.05, 4.69) is 13.8 Å². The molecule has 0 fully saturated rings. The number of fused-ring (bicyclic) bond motifs is 1. The largest absolute Gasteiger partial charge is 0.496 e. The Morgan fingerprint density at radius 1 is 0.500 bits per heavy atom. The van der Waals surface area contributed by atoms with Crippen molar-refractivity contribution in [3.63, 3.8) is 0 Å². The number of ether oxygens (including phenoxy) is 7. The first kappa shape index (κ1) is 75.3. The van der Waals surface area contributed by atoms with Crippen LogP contribution in [0.25, 0.3) is 0 Å². The van der Waals surface area contributed by atoms with E-state index in [9.17, 15) is 33.6 Å². The molecule has 14 heteroatoms. The standard InChI is InChI=1S/C70H116O14/c1-11-13-15-17-19-21-23-25-27-29-31-33-35-39-63(73)81-50-58(51-82-64(74)40-36-34-32-30-28-26-24-22-20-18-16-14-12-2)83-70(77)56(7)54(5)49-53(4)55(6)69(76)80-48-38-37-41-65(75)84-68-60(44-42-52(3)43-47-62(72)78-9)67(79-10)57(8)59-45-46-61(71)66(59)68/h42,53-56,58H,11-41,43-51H2,1-10H3/b52-42+. The van der Waals surface area contributed by atoms with Crippen molar-refractivity contribution in [1.29, 1.82) is 0 Å². The Bertz CT molecular complexity index is 2050. The quantitative estimate of drug-likeness (QED) is 0.0197. The second-order valence-electron chi connectivity index (χ2n) is 24.3. The third kappa shape index (κ3) is 32.1. The molecular weight excluding hydrogens is 1060 g/mol. The number of methoxy groups -OCH3 is 2. The fraction of sp³-hybridized carbons (Fsp3) is 0.786.